The van der Waals surface area contributed by atoms with Crippen LogP contribution in [-0.2, 0) is 30.5 Å². The lowest BCUT2D eigenvalue weighted by Gasteiger charge is -2.07. The molecule has 0 saturated carbocycles. The van der Waals surface area contributed by atoms with Crippen LogP contribution >= 0.6 is 0 Å². The number of aryl methyl sites for hydroxylation is 1. The van der Waals surface area contributed by atoms with Gasteiger partial charge in [-0.05, 0) is 0 Å². The van der Waals surface area contributed by atoms with Crippen molar-refractivity contribution >= 4 is 9.84 Å². The third-order valence-electron chi connectivity index (χ3n) is 2.48. The first-order chi connectivity index (χ1) is 8.22. The van der Waals surface area contributed by atoms with Gasteiger partial charge in [0.1, 0.15) is 9.84 Å². The Kier molecular flexibility index (Phi) is 4.47. The fourth-order valence-electron chi connectivity index (χ4n) is 1.48. The molecule has 7 nitrogen and oxygen atoms in total. The van der Waals surface area contributed by atoms with E-state index in [1.54, 1.807) is 7.05 Å². The largest absolute Gasteiger partial charge is 0.330 e. The summed E-state index contributed by atoms with van der Waals surface area (Å²) in [4.78, 5) is 23.2. The van der Waals surface area contributed by atoms with Crippen LogP contribution in [0.1, 0.15) is 5.56 Å². The van der Waals surface area contributed by atoms with Crippen LogP contribution in [0.25, 0.3) is 0 Å². The SMILES string of the molecule is Cn1cc(CNCCS(C)(=O)=O)c(=O)n(C)c1=O. The van der Waals surface area contributed by atoms with Crippen molar-refractivity contribution in [3.05, 3.63) is 32.6 Å². The summed E-state index contributed by atoms with van der Waals surface area (Å²) in [6.45, 7) is 0.501. The zero-order valence-electron chi connectivity index (χ0n) is 10.6. The fraction of sp³-hybridized carbons (Fsp3) is 0.600. The Balaban J connectivity index is 2.76. The van der Waals surface area contributed by atoms with Crippen molar-refractivity contribution in [2.75, 3.05) is 18.6 Å². The smallest absolute Gasteiger partial charge is 0.311 e. The minimum atomic E-state index is -3.01. The van der Waals surface area contributed by atoms with Crippen LogP contribution in [0.2, 0.25) is 0 Å². The Morgan fingerprint density at radius 3 is 2.44 bits per heavy atom. The van der Waals surface area contributed by atoms with Gasteiger partial charge in [-0.3, -0.25) is 9.36 Å². The molecule has 0 spiro atoms. The summed E-state index contributed by atoms with van der Waals surface area (Å²) < 4.78 is 24.2. The standard InChI is InChI=1S/C10H17N3O4S/c1-12-7-8(9(14)13(2)10(12)15)6-11-4-5-18(3,16)17/h7,11H,4-6H2,1-3H3. The van der Waals surface area contributed by atoms with Gasteiger partial charge >= 0.3 is 5.69 Å². The van der Waals surface area contributed by atoms with Crippen LogP contribution < -0.4 is 16.6 Å². The molecule has 0 amide bonds. The number of rotatable bonds is 5. The molecule has 0 aliphatic rings. The summed E-state index contributed by atoms with van der Waals surface area (Å²) in [6.07, 6.45) is 2.61. The molecule has 0 saturated heterocycles. The highest BCUT2D eigenvalue weighted by molar-refractivity contribution is 7.90. The Bertz CT molecular complexity index is 642. The van der Waals surface area contributed by atoms with Crippen LogP contribution in [0.5, 0.6) is 0 Å². The maximum absolute atomic E-state index is 11.7. The molecule has 1 N–H and O–H groups in total. The van der Waals surface area contributed by atoms with Crippen molar-refractivity contribution < 1.29 is 8.42 Å². The second kappa shape index (κ2) is 5.49. The van der Waals surface area contributed by atoms with Crippen molar-refractivity contribution in [1.82, 2.24) is 14.5 Å². The average molecular weight is 275 g/mol. The molecule has 0 bridgehead atoms. The normalized spacial score (nSPS) is 11.7. The monoisotopic (exact) mass is 275 g/mol. The van der Waals surface area contributed by atoms with Gasteiger partial charge in [-0.2, -0.15) is 0 Å². The van der Waals surface area contributed by atoms with Crippen molar-refractivity contribution in [2.24, 2.45) is 14.1 Å². The van der Waals surface area contributed by atoms with Crippen LogP contribution in [0, 0.1) is 0 Å². The Hall–Kier alpha value is -1.41. The molecular weight excluding hydrogens is 258 g/mol. The molecule has 0 unspecified atom stereocenters. The van der Waals surface area contributed by atoms with E-state index >= 15 is 0 Å². The van der Waals surface area contributed by atoms with Gasteiger partial charge in [0.2, 0.25) is 0 Å². The van der Waals surface area contributed by atoms with E-state index in [0.717, 1.165) is 10.8 Å². The second-order valence-electron chi connectivity index (χ2n) is 4.22. The van der Waals surface area contributed by atoms with Crippen LogP contribution in [0.3, 0.4) is 0 Å². The number of nitrogens with one attached hydrogen (secondary N) is 1. The zero-order chi connectivity index (χ0) is 13.9. The van der Waals surface area contributed by atoms with E-state index in [0.29, 0.717) is 5.56 Å². The van der Waals surface area contributed by atoms with E-state index in [4.69, 9.17) is 0 Å². The molecule has 1 rings (SSSR count). The molecule has 0 aromatic carbocycles. The first-order valence-electron chi connectivity index (χ1n) is 5.36. The summed E-state index contributed by atoms with van der Waals surface area (Å²) in [5.74, 6) is 0.0130. The van der Waals surface area contributed by atoms with Crippen molar-refractivity contribution in [3.8, 4) is 0 Å². The molecule has 1 heterocycles. The lowest BCUT2D eigenvalue weighted by Crippen LogP contribution is -2.39. The summed E-state index contributed by atoms with van der Waals surface area (Å²) in [6, 6.07) is 0. The average Bonchev–Trinajstić information content (AvgIpc) is 2.26. The van der Waals surface area contributed by atoms with Gasteiger partial charge in [-0.25, -0.2) is 13.2 Å². The van der Waals surface area contributed by atoms with E-state index < -0.39 is 9.84 Å². The predicted molar refractivity (Wildman–Crippen MR) is 68.3 cm³/mol. The molecule has 0 aliphatic carbocycles. The predicted octanol–water partition coefficient (Wildman–Crippen LogP) is -1.78. The summed E-state index contributed by atoms with van der Waals surface area (Å²) >= 11 is 0. The van der Waals surface area contributed by atoms with Crippen molar-refractivity contribution in [2.45, 2.75) is 6.54 Å². The topological polar surface area (TPSA) is 90.2 Å². The minimum absolute atomic E-state index is 0.0130. The van der Waals surface area contributed by atoms with Gasteiger partial charge in [0.05, 0.1) is 5.75 Å². The molecule has 0 atom stereocenters. The van der Waals surface area contributed by atoms with Crippen LogP contribution in [0.15, 0.2) is 15.8 Å². The van der Waals surface area contributed by atoms with Gasteiger partial charge in [0.15, 0.2) is 0 Å². The van der Waals surface area contributed by atoms with E-state index in [1.165, 1.54) is 17.8 Å². The van der Waals surface area contributed by atoms with Crippen LogP contribution in [-0.4, -0.2) is 36.1 Å². The Morgan fingerprint density at radius 1 is 1.28 bits per heavy atom. The second-order valence-corrected chi connectivity index (χ2v) is 6.48. The van der Waals surface area contributed by atoms with Gasteiger partial charge in [0.25, 0.3) is 5.56 Å². The number of hydrogen-bond donors (Lipinski definition) is 1. The third kappa shape index (κ3) is 3.81. The highest BCUT2D eigenvalue weighted by atomic mass is 32.2. The minimum Gasteiger partial charge on any atom is -0.311 e. The fourth-order valence-corrected chi connectivity index (χ4v) is 2.00. The lowest BCUT2D eigenvalue weighted by molar-refractivity contribution is 0.594. The molecule has 1 aromatic rings. The van der Waals surface area contributed by atoms with Crippen molar-refractivity contribution in [1.29, 1.82) is 0 Å². The van der Waals surface area contributed by atoms with E-state index in [-0.39, 0.29) is 30.1 Å². The first-order valence-corrected chi connectivity index (χ1v) is 7.42. The van der Waals surface area contributed by atoms with Gasteiger partial charge < -0.3 is 9.88 Å². The van der Waals surface area contributed by atoms with E-state index in [2.05, 4.69) is 5.32 Å². The zero-order valence-corrected chi connectivity index (χ0v) is 11.5. The molecule has 8 heteroatoms. The molecule has 0 aliphatic heterocycles. The maximum Gasteiger partial charge on any atom is 0.330 e. The Morgan fingerprint density at radius 2 is 1.89 bits per heavy atom. The van der Waals surface area contributed by atoms with Crippen molar-refractivity contribution in [3.63, 3.8) is 0 Å². The molecule has 0 fully saturated rings. The number of sulfone groups is 1. The first kappa shape index (κ1) is 14.7. The van der Waals surface area contributed by atoms with Gasteiger partial charge in [-0.15, -0.1) is 0 Å². The highest BCUT2D eigenvalue weighted by Gasteiger charge is 2.07. The van der Waals surface area contributed by atoms with Gasteiger partial charge in [-0.1, -0.05) is 0 Å². The third-order valence-corrected chi connectivity index (χ3v) is 3.43. The Labute approximate surface area is 105 Å². The number of nitrogens with zero attached hydrogens (tertiary/aromatic N) is 2. The molecule has 18 heavy (non-hydrogen) atoms. The van der Waals surface area contributed by atoms with E-state index in [9.17, 15) is 18.0 Å². The number of aromatic nitrogens is 2. The van der Waals surface area contributed by atoms with Gasteiger partial charge in [0, 0.05) is 45.2 Å². The molecule has 1 aromatic heterocycles. The molecule has 102 valence electrons. The molecular formula is C10H17N3O4S. The van der Waals surface area contributed by atoms with E-state index in [1.807, 2.05) is 0 Å². The number of hydrogen-bond acceptors (Lipinski definition) is 5. The maximum atomic E-state index is 11.7. The highest BCUT2D eigenvalue weighted by Crippen LogP contribution is 1.87. The lowest BCUT2D eigenvalue weighted by atomic mass is 10.3. The summed E-state index contributed by atoms with van der Waals surface area (Å²) in [5, 5.41) is 2.87. The van der Waals surface area contributed by atoms with Crippen LogP contribution in [0.4, 0.5) is 0 Å². The summed E-state index contributed by atoms with van der Waals surface area (Å²) in [5.41, 5.74) is -0.335. The summed E-state index contributed by atoms with van der Waals surface area (Å²) in [7, 11) is -0.0480. The molecule has 0 radical (unpaired) electrons. The quantitative estimate of drug-likeness (QED) is 0.642.